The van der Waals surface area contributed by atoms with Crippen molar-refractivity contribution in [3.05, 3.63) is 66.4 Å². The van der Waals surface area contributed by atoms with Crippen molar-refractivity contribution in [3.63, 3.8) is 0 Å². The minimum atomic E-state index is -4.78. The predicted molar refractivity (Wildman–Crippen MR) is 124 cm³/mol. The van der Waals surface area contributed by atoms with Crippen LogP contribution in [0.25, 0.3) is 11.3 Å². The Morgan fingerprint density at radius 2 is 1.75 bits per heavy atom. The van der Waals surface area contributed by atoms with E-state index in [9.17, 15) is 22.8 Å². The smallest absolute Gasteiger partial charge is 0.406 e. The van der Waals surface area contributed by atoms with Gasteiger partial charge in [-0.25, -0.2) is 4.79 Å². The van der Waals surface area contributed by atoms with Gasteiger partial charge in [-0.1, -0.05) is 35.1 Å². The number of hydrogen-bond donors (Lipinski definition) is 0. The summed E-state index contributed by atoms with van der Waals surface area (Å²) in [5, 5.41) is 8.26. The predicted octanol–water partition coefficient (Wildman–Crippen LogP) is 3.46. The van der Waals surface area contributed by atoms with Crippen molar-refractivity contribution in [2.45, 2.75) is 18.8 Å². The van der Waals surface area contributed by atoms with Crippen molar-refractivity contribution < 1.29 is 32.2 Å². The largest absolute Gasteiger partial charge is 0.573 e. The van der Waals surface area contributed by atoms with E-state index in [-0.39, 0.29) is 11.8 Å². The lowest BCUT2D eigenvalue weighted by molar-refractivity contribution is -0.274. The maximum absolute atomic E-state index is 13.2. The van der Waals surface area contributed by atoms with Crippen LogP contribution < -0.4 is 4.74 Å². The molecule has 2 heterocycles. The summed E-state index contributed by atoms with van der Waals surface area (Å²) < 4.78 is 45.1. The Bertz CT molecular complexity index is 1120. The molecular weight excluding hydrogens is 479 g/mol. The van der Waals surface area contributed by atoms with Crippen LogP contribution in [0.4, 0.5) is 18.0 Å². The second-order valence-corrected chi connectivity index (χ2v) is 7.92. The lowest BCUT2D eigenvalue weighted by Crippen LogP contribution is -2.56. The first-order chi connectivity index (χ1) is 17.2. The third-order valence-electron chi connectivity index (χ3n) is 5.27. The highest BCUT2D eigenvalue weighted by molar-refractivity contribution is 5.76. The average Bonchev–Trinajstić information content (AvgIpc) is 3.35. The molecule has 1 aliphatic heterocycles. The normalized spacial score (nSPS) is 15.6. The molecular formula is C24H26F3N5O4. The van der Waals surface area contributed by atoms with Crippen molar-refractivity contribution in [1.82, 2.24) is 24.8 Å². The summed E-state index contributed by atoms with van der Waals surface area (Å²) in [5.41, 5.74) is 1.84. The Morgan fingerprint density at radius 3 is 2.36 bits per heavy atom. The van der Waals surface area contributed by atoms with Crippen LogP contribution in [0.3, 0.4) is 0 Å². The number of rotatable bonds is 5. The van der Waals surface area contributed by atoms with E-state index in [2.05, 4.69) is 19.7 Å². The van der Waals surface area contributed by atoms with Gasteiger partial charge in [-0.2, -0.15) is 5.10 Å². The van der Waals surface area contributed by atoms with Crippen molar-refractivity contribution in [1.29, 1.82) is 0 Å². The second-order valence-electron chi connectivity index (χ2n) is 7.92. The molecule has 9 nitrogen and oxygen atoms in total. The maximum atomic E-state index is 13.2. The lowest BCUT2D eigenvalue weighted by Gasteiger charge is -2.39. The number of aromatic nitrogens is 3. The van der Waals surface area contributed by atoms with Crippen molar-refractivity contribution in [2.24, 2.45) is 0 Å². The third kappa shape index (κ3) is 7.28. The number of hydrogen-bond acceptors (Lipinski definition) is 6. The molecule has 4 rings (SSSR count). The van der Waals surface area contributed by atoms with Crippen LogP contribution in [0.5, 0.6) is 5.75 Å². The number of alkyl halides is 3. The van der Waals surface area contributed by atoms with Gasteiger partial charge < -0.3 is 19.3 Å². The molecule has 2 amide bonds. The summed E-state index contributed by atoms with van der Waals surface area (Å²) in [7, 11) is 3.25. The van der Waals surface area contributed by atoms with Gasteiger partial charge in [0.25, 0.3) is 0 Å². The molecule has 0 radical (unpaired) electrons. The molecule has 1 aliphatic rings. The molecule has 1 fully saturated rings. The summed E-state index contributed by atoms with van der Waals surface area (Å²) in [5.74, 6) is -0.355. The molecule has 1 saturated heterocycles. The van der Waals surface area contributed by atoms with Gasteiger partial charge in [-0.05, 0) is 36.2 Å². The summed E-state index contributed by atoms with van der Waals surface area (Å²) in [4.78, 5) is 28.7. The number of piperazine rings is 1. The highest BCUT2D eigenvalue weighted by Gasteiger charge is 2.32. The first-order valence-electron chi connectivity index (χ1n) is 11.0. The van der Waals surface area contributed by atoms with Gasteiger partial charge in [-0.15, -0.1) is 18.3 Å². The van der Waals surface area contributed by atoms with Gasteiger partial charge in [0.2, 0.25) is 6.41 Å². The minimum absolute atomic E-state index is 0.257. The van der Waals surface area contributed by atoms with Gasteiger partial charge in [-0.3, -0.25) is 4.79 Å². The molecule has 36 heavy (non-hydrogen) atoms. The molecule has 2 aromatic carbocycles. The van der Waals surface area contributed by atoms with E-state index in [4.69, 9.17) is 0 Å². The van der Waals surface area contributed by atoms with Crippen molar-refractivity contribution in [2.75, 3.05) is 33.9 Å². The quantitative estimate of drug-likeness (QED) is 0.494. The van der Waals surface area contributed by atoms with Crippen LogP contribution in [0, 0.1) is 0 Å². The molecule has 0 spiro atoms. The summed E-state index contributed by atoms with van der Waals surface area (Å²) in [6.07, 6.45) is -2.07. The van der Waals surface area contributed by atoms with Crippen LogP contribution in [0.1, 0.15) is 5.56 Å². The number of carbonyl (C=O) groups excluding carboxylic acids is 2. The monoisotopic (exact) mass is 505 g/mol. The number of ether oxygens (including phenoxy) is 2. The van der Waals surface area contributed by atoms with Crippen LogP contribution >= 0.6 is 0 Å². The van der Waals surface area contributed by atoms with Crippen LogP contribution in [-0.2, 0) is 16.0 Å². The van der Waals surface area contributed by atoms with E-state index >= 15 is 0 Å². The first-order valence-corrected chi connectivity index (χ1v) is 11.0. The van der Waals surface area contributed by atoms with Crippen molar-refractivity contribution in [3.8, 4) is 17.0 Å². The Hall–Kier alpha value is -3.93. The van der Waals surface area contributed by atoms with Gasteiger partial charge in [0.1, 0.15) is 11.4 Å². The highest BCUT2D eigenvalue weighted by atomic mass is 19.4. The SMILES string of the molecule is COC.O=CN1CCN(C(=O)n2ncc(-c3ccc(OC(F)(F)F)cc3)n2)C(Cc2ccccc2)C1. The van der Waals surface area contributed by atoms with Gasteiger partial charge in [0.05, 0.1) is 12.2 Å². The molecule has 0 saturated carbocycles. The molecule has 3 aromatic rings. The van der Waals surface area contributed by atoms with Gasteiger partial charge >= 0.3 is 12.4 Å². The zero-order valence-corrected chi connectivity index (χ0v) is 19.8. The van der Waals surface area contributed by atoms with Crippen molar-refractivity contribution >= 4 is 12.4 Å². The fourth-order valence-electron chi connectivity index (χ4n) is 3.72. The van der Waals surface area contributed by atoms with Crippen LogP contribution in [-0.4, -0.2) is 83.5 Å². The standard InChI is InChI=1S/C22H20F3N5O3.C2H6O/c23-22(24,25)33-19-8-6-17(7-9-19)20-13-26-30(27-20)21(32)29-11-10-28(15-31)14-18(29)12-16-4-2-1-3-5-16;1-3-2/h1-9,13,15,18H,10-12,14H2;1-2H3. The van der Waals surface area contributed by atoms with E-state index < -0.39 is 12.4 Å². The first kappa shape index (κ1) is 26.7. The number of amides is 2. The molecule has 12 heteroatoms. The molecule has 0 bridgehead atoms. The molecule has 0 aliphatic carbocycles. The third-order valence-corrected chi connectivity index (χ3v) is 5.27. The Labute approximate surface area is 206 Å². The number of halogens is 3. The Balaban J connectivity index is 0.00000115. The summed E-state index contributed by atoms with van der Waals surface area (Å²) >= 11 is 0. The van der Waals surface area contributed by atoms with E-state index in [1.54, 1.807) is 24.0 Å². The average molecular weight is 505 g/mol. The maximum Gasteiger partial charge on any atom is 0.573 e. The second kappa shape index (κ2) is 12.2. The van der Waals surface area contributed by atoms with E-state index in [0.717, 1.165) is 28.9 Å². The van der Waals surface area contributed by atoms with Crippen LogP contribution in [0.2, 0.25) is 0 Å². The number of benzene rings is 2. The molecule has 192 valence electrons. The van der Waals surface area contributed by atoms with E-state index in [0.29, 0.717) is 37.3 Å². The molecule has 1 unspecified atom stereocenters. The number of carbonyl (C=O) groups is 2. The Morgan fingerprint density at radius 1 is 1.08 bits per heavy atom. The van der Waals surface area contributed by atoms with Gasteiger partial charge in [0, 0.05) is 39.4 Å². The highest BCUT2D eigenvalue weighted by Crippen LogP contribution is 2.25. The minimum Gasteiger partial charge on any atom is -0.406 e. The molecule has 1 aromatic heterocycles. The zero-order chi connectivity index (χ0) is 26.1. The molecule has 1 atom stereocenters. The number of methoxy groups -OCH3 is 1. The molecule has 0 N–H and O–H groups in total. The van der Waals surface area contributed by atoms with Crippen LogP contribution in [0.15, 0.2) is 60.8 Å². The summed E-state index contributed by atoms with van der Waals surface area (Å²) in [6.45, 7) is 1.11. The van der Waals surface area contributed by atoms with E-state index in [1.807, 2.05) is 30.3 Å². The Kier molecular flexibility index (Phi) is 9.01. The summed E-state index contributed by atoms with van der Waals surface area (Å²) in [6, 6.07) is 14.1. The fourth-order valence-corrected chi connectivity index (χ4v) is 3.72. The van der Waals surface area contributed by atoms with E-state index in [1.165, 1.54) is 18.3 Å². The fraction of sp³-hybridized carbons (Fsp3) is 0.333. The zero-order valence-electron chi connectivity index (χ0n) is 19.8. The number of nitrogens with zero attached hydrogens (tertiary/aromatic N) is 5. The topological polar surface area (TPSA) is 89.8 Å². The van der Waals surface area contributed by atoms with Gasteiger partial charge in [0.15, 0.2) is 0 Å². The lowest BCUT2D eigenvalue weighted by atomic mass is 10.0.